The number of hydrogen-bond acceptors (Lipinski definition) is 10. The SMILES string of the molecule is CC(=S)NC1(NC(C)=S)S[C@@H]2C(C)C(=O)N2C(C(=O)OC(C)(C)C)=C1CSc1nnnn1C. The van der Waals surface area contributed by atoms with Crippen molar-refractivity contribution < 1.29 is 14.3 Å². The molecule has 0 radical (unpaired) electrons. The first kappa shape index (κ1) is 25.8. The number of hydrogen-bond donors (Lipinski definition) is 2. The van der Waals surface area contributed by atoms with Gasteiger partial charge in [0.2, 0.25) is 11.1 Å². The molecule has 3 rings (SSSR count). The Balaban J connectivity index is 2.20. The fourth-order valence-corrected chi connectivity index (χ4v) is 6.70. The highest BCUT2D eigenvalue weighted by Crippen LogP contribution is 2.51. The number of ether oxygens (including phenoxy) is 1. The first-order chi connectivity index (χ1) is 15.3. The molecule has 0 spiro atoms. The second-order valence-corrected chi connectivity index (χ2v) is 12.2. The Hall–Kier alpha value is -1.77. The monoisotopic (exact) mass is 529 g/mol. The summed E-state index contributed by atoms with van der Waals surface area (Å²) in [6, 6.07) is 0. The maximum absolute atomic E-state index is 13.5. The number of tetrazole rings is 1. The zero-order valence-corrected chi connectivity index (χ0v) is 22.7. The average molecular weight is 530 g/mol. The molecular weight excluding hydrogens is 503 g/mol. The highest BCUT2D eigenvalue weighted by molar-refractivity contribution is 8.02. The van der Waals surface area contributed by atoms with E-state index in [-0.39, 0.29) is 28.6 Å². The lowest BCUT2D eigenvalue weighted by atomic mass is 9.96. The Bertz CT molecular complexity index is 1020. The topological polar surface area (TPSA) is 114 Å². The van der Waals surface area contributed by atoms with Gasteiger partial charge in [-0.3, -0.25) is 9.69 Å². The zero-order chi connectivity index (χ0) is 24.7. The van der Waals surface area contributed by atoms with Crippen molar-refractivity contribution in [2.75, 3.05) is 5.75 Å². The standard InChI is InChI=1S/C19H27N7O3S4/c1-9-14(27)26-13(16(28)29-18(4,5)6)12(8-32-17-22-23-24-25(17)7)19(20-10(2)30,21-11(3)31)33-15(9)26/h9,15H,8H2,1-7H3,(H,20,30)(H,21,31)/t9?,15-/m1/s1. The third kappa shape index (κ3) is 5.33. The van der Waals surface area contributed by atoms with Crippen molar-refractivity contribution in [3.63, 3.8) is 0 Å². The smallest absolute Gasteiger partial charge is 0.355 e. The van der Waals surface area contributed by atoms with E-state index in [0.717, 1.165) is 0 Å². The number of carbonyl (C=O) groups excluding carboxylic acids is 2. The second kappa shape index (κ2) is 9.47. The lowest BCUT2D eigenvalue weighted by Gasteiger charge is -2.55. The number of nitrogens with one attached hydrogen (secondary N) is 2. The molecule has 1 fully saturated rings. The predicted molar refractivity (Wildman–Crippen MR) is 135 cm³/mol. The van der Waals surface area contributed by atoms with Crippen LogP contribution in [0, 0.1) is 5.92 Å². The summed E-state index contributed by atoms with van der Waals surface area (Å²) >= 11 is 13.6. The van der Waals surface area contributed by atoms with Crippen LogP contribution in [0.4, 0.5) is 0 Å². The minimum absolute atomic E-state index is 0.136. The molecule has 1 saturated heterocycles. The van der Waals surface area contributed by atoms with Gasteiger partial charge in [0.1, 0.15) is 11.3 Å². The molecule has 2 N–H and O–H groups in total. The number of fused-ring (bicyclic) bond motifs is 1. The Morgan fingerprint density at radius 1 is 1.27 bits per heavy atom. The van der Waals surface area contributed by atoms with E-state index in [1.807, 2.05) is 6.92 Å². The molecule has 1 amide bonds. The van der Waals surface area contributed by atoms with E-state index in [9.17, 15) is 9.59 Å². The summed E-state index contributed by atoms with van der Waals surface area (Å²) < 4.78 is 7.26. The van der Waals surface area contributed by atoms with Crippen LogP contribution in [-0.2, 0) is 21.4 Å². The van der Waals surface area contributed by atoms with Crippen LogP contribution in [0.1, 0.15) is 41.5 Å². The number of nitrogens with zero attached hydrogens (tertiary/aromatic N) is 5. The number of rotatable bonds is 6. The van der Waals surface area contributed by atoms with E-state index in [1.165, 1.54) is 33.1 Å². The fraction of sp³-hybridized carbons (Fsp3) is 0.632. The van der Waals surface area contributed by atoms with Crippen molar-refractivity contribution in [2.45, 2.75) is 62.7 Å². The molecule has 0 saturated carbocycles. The Labute approximate surface area is 212 Å². The first-order valence-corrected chi connectivity index (χ1v) is 12.8. The van der Waals surface area contributed by atoms with Gasteiger partial charge in [-0.2, -0.15) is 0 Å². The number of carbonyl (C=O) groups is 2. The van der Waals surface area contributed by atoms with Crippen LogP contribution < -0.4 is 10.6 Å². The maximum atomic E-state index is 13.5. The minimum atomic E-state index is -1.06. The van der Waals surface area contributed by atoms with E-state index in [2.05, 4.69) is 26.2 Å². The van der Waals surface area contributed by atoms with Gasteiger partial charge in [0.15, 0.2) is 4.99 Å². The van der Waals surface area contributed by atoms with Gasteiger partial charge in [-0.1, -0.05) is 54.9 Å². The molecule has 3 heterocycles. The summed E-state index contributed by atoms with van der Waals surface area (Å²) in [7, 11) is 1.73. The summed E-state index contributed by atoms with van der Waals surface area (Å²) in [5.41, 5.74) is 0.00517. The number of amides is 1. The Morgan fingerprint density at radius 2 is 1.88 bits per heavy atom. The molecule has 10 nitrogen and oxygen atoms in total. The molecule has 0 aromatic carbocycles. The lowest BCUT2D eigenvalue weighted by Crippen LogP contribution is -2.70. The van der Waals surface area contributed by atoms with Gasteiger partial charge in [0, 0.05) is 18.4 Å². The molecule has 1 aromatic rings. The molecule has 33 heavy (non-hydrogen) atoms. The minimum Gasteiger partial charge on any atom is -0.455 e. The number of thiocarbonyl (C=S) groups is 2. The zero-order valence-electron chi connectivity index (χ0n) is 19.5. The van der Waals surface area contributed by atoms with E-state index in [1.54, 1.807) is 41.7 Å². The van der Waals surface area contributed by atoms with Gasteiger partial charge in [0.05, 0.1) is 21.3 Å². The summed E-state index contributed by atoms with van der Waals surface area (Å²) in [5.74, 6) is -0.741. The Morgan fingerprint density at radius 3 is 2.36 bits per heavy atom. The number of aryl methyl sites for hydroxylation is 1. The summed E-state index contributed by atoms with van der Waals surface area (Å²) in [5, 5.41) is 18.4. The van der Waals surface area contributed by atoms with E-state index >= 15 is 0 Å². The van der Waals surface area contributed by atoms with Crippen molar-refractivity contribution >= 4 is 69.8 Å². The molecule has 180 valence electrons. The van der Waals surface area contributed by atoms with Gasteiger partial charge in [0.25, 0.3) is 0 Å². The highest BCUT2D eigenvalue weighted by Gasteiger charge is 2.59. The largest absolute Gasteiger partial charge is 0.455 e. The van der Waals surface area contributed by atoms with Crippen LogP contribution >= 0.6 is 48.0 Å². The van der Waals surface area contributed by atoms with Crippen LogP contribution in [0.25, 0.3) is 0 Å². The van der Waals surface area contributed by atoms with Crippen LogP contribution in [0.15, 0.2) is 16.4 Å². The third-order valence-corrected chi connectivity index (χ3v) is 7.69. The Kier molecular flexibility index (Phi) is 7.42. The number of aromatic nitrogens is 4. The molecule has 2 aliphatic heterocycles. The molecule has 0 aliphatic carbocycles. The molecule has 0 bridgehead atoms. The molecule has 2 atom stereocenters. The van der Waals surface area contributed by atoms with Crippen molar-refractivity contribution in [3.05, 3.63) is 11.3 Å². The van der Waals surface area contributed by atoms with Crippen LogP contribution in [0.5, 0.6) is 0 Å². The van der Waals surface area contributed by atoms with Crippen molar-refractivity contribution in [1.29, 1.82) is 0 Å². The maximum Gasteiger partial charge on any atom is 0.355 e. The van der Waals surface area contributed by atoms with Crippen molar-refractivity contribution in [3.8, 4) is 0 Å². The van der Waals surface area contributed by atoms with Crippen LogP contribution in [0.3, 0.4) is 0 Å². The normalized spacial score (nSPS) is 21.8. The summed E-state index contributed by atoms with van der Waals surface area (Å²) in [4.78, 5) is 27.9. The highest BCUT2D eigenvalue weighted by atomic mass is 32.2. The van der Waals surface area contributed by atoms with Gasteiger partial charge in [-0.25, -0.2) is 9.48 Å². The quantitative estimate of drug-likeness (QED) is 0.185. The summed E-state index contributed by atoms with van der Waals surface area (Å²) in [6.07, 6.45) is 0. The summed E-state index contributed by atoms with van der Waals surface area (Å²) in [6.45, 7) is 10.7. The predicted octanol–water partition coefficient (Wildman–Crippen LogP) is 1.98. The fourth-order valence-electron chi connectivity index (χ4n) is 3.50. The average Bonchev–Trinajstić information content (AvgIpc) is 3.08. The number of esters is 1. The lowest BCUT2D eigenvalue weighted by molar-refractivity contribution is -0.160. The molecule has 14 heteroatoms. The van der Waals surface area contributed by atoms with Gasteiger partial charge < -0.3 is 15.4 Å². The third-order valence-electron chi connectivity index (χ3n) is 4.78. The molecule has 1 aromatic heterocycles. The van der Waals surface area contributed by atoms with Gasteiger partial charge >= 0.3 is 5.97 Å². The molecule has 1 unspecified atom stereocenters. The first-order valence-electron chi connectivity index (χ1n) is 10.2. The molecule has 2 aliphatic rings. The van der Waals surface area contributed by atoms with Gasteiger partial charge in [-0.15, -0.1) is 5.10 Å². The van der Waals surface area contributed by atoms with Crippen LogP contribution in [0.2, 0.25) is 0 Å². The van der Waals surface area contributed by atoms with Crippen molar-refractivity contribution in [1.82, 2.24) is 35.7 Å². The number of β-lactam (4-membered cyclic amide) rings is 1. The van der Waals surface area contributed by atoms with Gasteiger partial charge in [-0.05, 0) is 45.0 Å². The van der Waals surface area contributed by atoms with E-state index < -0.39 is 16.6 Å². The number of thioether (sulfide) groups is 2. The van der Waals surface area contributed by atoms with E-state index in [0.29, 0.717) is 20.7 Å². The second-order valence-electron chi connectivity index (χ2n) is 8.75. The molecular formula is C19H27N7O3S4. The van der Waals surface area contributed by atoms with Crippen molar-refractivity contribution in [2.24, 2.45) is 13.0 Å². The van der Waals surface area contributed by atoms with Crippen LogP contribution in [-0.4, -0.2) is 68.7 Å². The van der Waals surface area contributed by atoms with E-state index in [4.69, 9.17) is 29.2 Å².